The second-order valence-electron chi connectivity index (χ2n) is 4.08. The molecule has 1 amide bonds. The molecule has 0 heterocycles. The monoisotopic (exact) mass is 281 g/mol. The zero-order chi connectivity index (χ0) is 14.6. The Morgan fingerprint density at radius 1 is 1.05 bits per heavy atom. The molecule has 0 aromatic heterocycles. The lowest BCUT2D eigenvalue weighted by Crippen LogP contribution is -2.31. The summed E-state index contributed by atoms with van der Waals surface area (Å²) in [7, 11) is 0. The molecule has 1 aromatic rings. The van der Waals surface area contributed by atoms with Crippen molar-refractivity contribution in [2.45, 2.75) is 6.42 Å². The molecule has 1 aromatic carbocycles. The molecular weight excluding hydrogens is 262 g/mol. The van der Waals surface area contributed by atoms with Crippen LogP contribution in [0.4, 0.5) is 0 Å². The number of carbonyl (C=O) groups is 2. The van der Waals surface area contributed by atoms with Crippen LogP contribution in [0.5, 0.6) is 0 Å². The van der Waals surface area contributed by atoms with Crippen molar-refractivity contribution < 1.29 is 24.2 Å². The van der Waals surface area contributed by atoms with E-state index in [1.807, 2.05) is 30.3 Å². The lowest BCUT2D eigenvalue weighted by molar-refractivity contribution is -0.142. The molecule has 0 spiro atoms. The number of benzene rings is 1. The van der Waals surface area contributed by atoms with Crippen LogP contribution in [-0.2, 0) is 25.5 Å². The standard InChI is InChI=1S/C14H19NO5/c16-13(15-7-9-20-11-14(17)18)10-19-8-6-12-4-2-1-3-5-12/h1-5H,6-11H2,(H,15,16)(H,17,18). The van der Waals surface area contributed by atoms with Gasteiger partial charge in [-0.2, -0.15) is 0 Å². The lowest BCUT2D eigenvalue weighted by Gasteiger charge is -2.06. The summed E-state index contributed by atoms with van der Waals surface area (Å²) < 4.78 is 10.0. The van der Waals surface area contributed by atoms with Gasteiger partial charge in [0.2, 0.25) is 5.91 Å². The minimum atomic E-state index is -1.03. The van der Waals surface area contributed by atoms with Crippen LogP contribution in [0.3, 0.4) is 0 Å². The Morgan fingerprint density at radius 3 is 2.45 bits per heavy atom. The Balaban J connectivity index is 1.96. The number of carboxylic acids is 1. The largest absolute Gasteiger partial charge is 0.480 e. The number of carboxylic acid groups (broad SMARTS) is 1. The summed E-state index contributed by atoms with van der Waals surface area (Å²) >= 11 is 0. The second kappa shape index (κ2) is 9.94. The quantitative estimate of drug-likeness (QED) is 0.609. The Hall–Kier alpha value is -1.92. The van der Waals surface area contributed by atoms with Gasteiger partial charge < -0.3 is 19.9 Å². The number of hydrogen-bond donors (Lipinski definition) is 2. The van der Waals surface area contributed by atoms with E-state index < -0.39 is 5.97 Å². The van der Waals surface area contributed by atoms with Gasteiger partial charge in [-0.05, 0) is 12.0 Å². The number of aliphatic carboxylic acids is 1. The molecule has 0 atom stereocenters. The Labute approximate surface area is 117 Å². The minimum Gasteiger partial charge on any atom is -0.480 e. The van der Waals surface area contributed by atoms with Gasteiger partial charge in [-0.3, -0.25) is 4.79 Å². The van der Waals surface area contributed by atoms with Crippen LogP contribution >= 0.6 is 0 Å². The van der Waals surface area contributed by atoms with Crippen molar-refractivity contribution in [1.29, 1.82) is 0 Å². The van der Waals surface area contributed by atoms with Gasteiger partial charge in [-0.15, -0.1) is 0 Å². The average molecular weight is 281 g/mol. The van der Waals surface area contributed by atoms with Gasteiger partial charge in [0, 0.05) is 6.54 Å². The number of hydrogen-bond acceptors (Lipinski definition) is 4. The first-order chi connectivity index (χ1) is 9.68. The molecule has 6 heteroatoms. The molecule has 0 fully saturated rings. The highest BCUT2D eigenvalue weighted by atomic mass is 16.5. The van der Waals surface area contributed by atoms with E-state index in [0.717, 1.165) is 12.0 Å². The maximum Gasteiger partial charge on any atom is 0.329 e. The highest BCUT2D eigenvalue weighted by Gasteiger charge is 2.01. The summed E-state index contributed by atoms with van der Waals surface area (Å²) in [5, 5.41) is 10.9. The molecule has 0 bridgehead atoms. The molecule has 0 aliphatic rings. The Morgan fingerprint density at radius 2 is 1.75 bits per heavy atom. The highest BCUT2D eigenvalue weighted by Crippen LogP contribution is 1.99. The van der Waals surface area contributed by atoms with Crippen molar-refractivity contribution >= 4 is 11.9 Å². The van der Waals surface area contributed by atoms with Crippen LogP contribution in [0.15, 0.2) is 30.3 Å². The highest BCUT2D eigenvalue weighted by molar-refractivity contribution is 5.77. The smallest absolute Gasteiger partial charge is 0.329 e. The lowest BCUT2D eigenvalue weighted by atomic mass is 10.2. The normalized spacial score (nSPS) is 10.2. The topological polar surface area (TPSA) is 84.9 Å². The maximum atomic E-state index is 11.3. The fourth-order valence-corrected chi connectivity index (χ4v) is 1.47. The van der Waals surface area contributed by atoms with Crippen LogP contribution in [0.2, 0.25) is 0 Å². The van der Waals surface area contributed by atoms with E-state index in [-0.39, 0.29) is 32.3 Å². The molecule has 20 heavy (non-hydrogen) atoms. The van der Waals surface area contributed by atoms with Crippen LogP contribution in [0, 0.1) is 0 Å². The summed E-state index contributed by atoms with van der Waals surface area (Å²) in [6.45, 7) is 0.554. The zero-order valence-electron chi connectivity index (χ0n) is 11.2. The molecular formula is C14H19NO5. The number of nitrogens with one attached hydrogen (secondary N) is 1. The van der Waals surface area contributed by atoms with E-state index in [9.17, 15) is 9.59 Å². The van der Waals surface area contributed by atoms with Gasteiger partial charge in [-0.25, -0.2) is 4.79 Å². The summed E-state index contributed by atoms with van der Waals surface area (Å²) in [5.74, 6) is -1.27. The average Bonchev–Trinajstić information content (AvgIpc) is 2.44. The van der Waals surface area contributed by atoms with Gasteiger partial charge >= 0.3 is 5.97 Å². The number of rotatable bonds is 10. The van der Waals surface area contributed by atoms with E-state index in [1.165, 1.54) is 0 Å². The van der Waals surface area contributed by atoms with E-state index in [4.69, 9.17) is 14.6 Å². The van der Waals surface area contributed by atoms with Crippen molar-refractivity contribution in [2.24, 2.45) is 0 Å². The first-order valence-electron chi connectivity index (χ1n) is 6.36. The van der Waals surface area contributed by atoms with Gasteiger partial charge in [0.15, 0.2) is 0 Å². The van der Waals surface area contributed by atoms with Crippen LogP contribution in [0.25, 0.3) is 0 Å². The van der Waals surface area contributed by atoms with E-state index in [2.05, 4.69) is 5.32 Å². The van der Waals surface area contributed by atoms with Gasteiger partial charge in [0.25, 0.3) is 0 Å². The molecule has 1 rings (SSSR count). The van der Waals surface area contributed by atoms with Gasteiger partial charge in [0.05, 0.1) is 13.2 Å². The number of carbonyl (C=O) groups excluding carboxylic acids is 1. The Bertz CT molecular complexity index is 407. The van der Waals surface area contributed by atoms with Crippen LogP contribution in [-0.4, -0.2) is 50.0 Å². The Kier molecular flexibility index (Phi) is 8.02. The first kappa shape index (κ1) is 16.1. The van der Waals surface area contributed by atoms with Crippen molar-refractivity contribution in [3.8, 4) is 0 Å². The zero-order valence-corrected chi connectivity index (χ0v) is 11.2. The van der Waals surface area contributed by atoms with Crippen LogP contribution in [0.1, 0.15) is 5.56 Å². The van der Waals surface area contributed by atoms with Gasteiger partial charge in [-0.1, -0.05) is 30.3 Å². The van der Waals surface area contributed by atoms with Gasteiger partial charge in [0.1, 0.15) is 13.2 Å². The number of amides is 1. The molecule has 0 aliphatic heterocycles. The minimum absolute atomic E-state index is 0.00817. The van der Waals surface area contributed by atoms with Crippen LogP contribution < -0.4 is 5.32 Å². The summed E-state index contributed by atoms with van der Waals surface area (Å²) in [6.07, 6.45) is 0.760. The molecule has 0 saturated heterocycles. The summed E-state index contributed by atoms with van der Waals surface area (Å²) in [5.41, 5.74) is 1.16. The van der Waals surface area contributed by atoms with Crippen molar-refractivity contribution in [3.05, 3.63) is 35.9 Å². The third-order valence-electron chi connectivity index (χ3n) is 2.41. The fourth-order valence-electron chi connectivity index (χ4n) is 1.47. The molecule has 0 saturated carbocycles. The second-order valence-corrected chi connectivity index (χ2v) is 4.08. The predicted octanol–water partition coefficient (Wildman–Crippen LogP) is 0.463. The third-order valence-corrected chi connectivity index (χ3v) is 2.41. The number of ether oxygens (including phenoxy) is 2. The molecule has 6 nitrogen and oxygen atoms in total. The summed E-state index contributed by atoms with van der Waals surface area (Å²) in [6, 6.07) is 9.87. The SMILES string of the molecule is O=C(O)COCCNC(=O)COCCc1ccccc1. The summed E-state index contributed by atoms with van der Waals surface area (Å²) in [4.78, 5) is 21.5. The first-order valence-corrected chi connectivity index (χ1v) is 6.36. The van der Waals surface area contributed by atoms with Crippen molar-refractivity contribution in [1.82, 2.24) is 5.32 Å². The van der Waals surface area contributed by atoms with E-state index in [1.54, 1.807) is 0 Å². The van der Waals surface area contributed by atoms with Crippen molar-refractivity contribution in [3.63, 3.8) is 0 Å². The maximum absolute atomic E-state index is 11.3. The predicted molar refractivity (Wildman–Crippen MR) is 72.4 cm³/mol. The fraction of sp³-hybridized carbons (Fsp3) is 0.429. The van der Waals surface area contributed by atoms with Crippen molar-refractivity contribution in [2.75, 3.05) is 33.0 Å². The molecule has 0 unspecified atom stereocenters. The van der Waals surface area contributed by atoms with E-state index >= 15 is 0 Å². The van der Waals surface area contributed by atoms with E-state index in [0.29, 0.717) is 6.61 Å². The molecule has 0 aliphatic carbocycles. The molecule has 110 valence electrons. The third kappa shape index (κ3) is 8.23. The molecule has 0 radical (unpaired) electrons. The molecule has 2 N–H and O–H groups in total.